The molecular weight excluding hydrogens is 867 g/mol. The highest BCUT2D eigenvalue weighted by Gasteiger charge is 2.44. The lowest BCUT2D eigenvalue weighted by molar-refractivity contribution is -0.303. The van der Waals surface area contributed by atoms with Gasteiger partial charge in [0, 0.05) is 6.42 Å². The molecule has 0 spiro atoms. The predicted octanol–water partition coefficient (Wildman–Crippen LogP) is 14.0. The molecule has 1 saturated heterocycles. The monoisotopic (exact) mass is 984 g/mol. The smallest absolute Gasteiger partial charge is 0.220 e. The number of ether oxygens (including phenoxy) is 2. The number of carbonyl (C=O) groups is 1. The number of rotatable bonds is 53. The Kier molecular flexibility index (Phi) is 47.3. The first-order valence-corrected chi connectivity index (χ1v) is 30.3. The van der Waals surface area contributed by atoms with Crippen molar-refractivity contribution in [2.24, 2.45) is 0 Å². The molecule has 0 aromatic carbocycles. The van der Waals surface area contributed by atoms with Crippen LogP contribution >= 0.6 is 0 Å². The molecule has 0 saturated carbocycles. The second kappa shape index (κ2) is 49.4. The zero-order valence-corrected chi connectivity index (χ0v) is 45.5. The van der Waals surface area contributed by atoms with Crippen LogP contribution in [0.15, 0.2) is 0 Å². The number of aliphatic hydroxyl groups is 6. The quantitative estimate of drug-likeness (QED) is 0.0293. The van der Waals surface area contributed by atoms with E-state index in [1.165, 1.54) is 244 Å². The predicted molar refractivity (Wildman–Crippen MR) is 287 cm³/mol. The minimum atomic E-state index is -1.60. The van der Waals surface area contributed by atoms with Gasteiger partial charge in [0.2, 0.25) is 5.91 Å². The van der Waals surface area contributed by atoms with E-state index in [2.05, 4.69) is 19.2 Å². The van der Waals surface area contributed by atoms with Crippen LogP contribution in [0.1, 0.15) is 309 Å². The van der Waals surface area contributed by atoms with Gasteiger partial charge < -0.3 is 45.4 Å². The van der Waals surface area contributed by atoms with Gasteiger partial charge in [-0.3, -0.25) is 4.79 Å². The summed E-state index contributed by atoms with van der Waals surface area (Å²) in [5, 5.41) is 65.6. The minimum absolute atomic E-state index is 0.249. The second-order valence-corrected chi connectivity index (χ2v) is 21.7. The van der Waals surface area contributed by atoms with Gasteiger partial charge in [-0.2, -0.15) is 0 Å². The molecule has 412 valence electrons. The first kappa shape index (κ1) is 66.2. The third-order valence-corrected chi connectivity index (χ3v) is 15.1. The molecular formula is C59H117NO9. The Labute approximate surface area is 426 Å². The number of amides is 1. The van der Waals surface area contributed by atoms with Gasteiger partial charge in [0.15, 0.2) is 6.29 Å². The van der Waals surface area contributed by atoms with E-state index in [4.69, 9.17) is 9.47 Å². The Hall–Kier alpha value is -0.850. The van der Waals surface area contributed by atoms with Gasteiger partial charge in [-0.15, -0.1) is 0 Å². The number of hydrogen-bond donors (Lipinski definition) is 7. The van der Waals surface area contributed by atoms with Crippen LogP contribution in [0.2, 0.25) is 0 Å². The van der Waals surface area contributed by atoms with Crippen molar-refractivity contribution >= 4 is 5.91 Å². The first-order valence-electron chi connectivity index (χ1n) is 30.3. The molecule has 2 unspecified atom stereocenters. The molecule has 0 radical (unpaired) electrons. The minimum Gasteiger partial charge on any atom is -0.394 e. The van der Waals surface area contributed by atoms with E-state index in [1.807, 2.05) is 0 Å². The Balaban J connectivity index is 2.17. The normalized spacial score (nSPS) is 19.8. The summed E-state index contributed by atoms with van der Waals surface area (Å²) in [6.07, 6.45) is 48.5. The fourth-order valence-corrected chi connectivity index (χ4v) is 10.2. The fraction of sp³-hybridized carbons (Fsp3) is 0.983. The van der Waals surface area contributed by atoms with Crippen molar-refractivity contribution in [1.82, 2.24) is 5.32 Å². The molecule has 0 aliphatic carbocycles. The standard InChI is InChI=1S/C59H117NO9/c1-3-5-7-9-11-13-15-17-19-20-21-22-23-24-25-26-27-28-29-30-31-32-34-36-38-40-42-44-46-48-54(63)60-51(50-68-59-58(67)57(66)56(65)53(49-61)69-59)55(64)52(62)47-45-43-41-39-37-35-33-18-16-14-12-10-8-6-4-2/h51-53,55-59,61-62,64-67H,3-50H2,1-2H3,(H,60,63)/t51-,52+,53+,55-,56-,57?,58?,59+/m0/s1. The zero-order chi connectivity index (χ0) is 50.3. The maximum absolute atomic E-state index is 13.1. The summed E-state index contributed by atoms with van der Waals surface area (Å²) >= 11 is 0. The van der Waals surface area contributed by atoms with E-state index in [0.29, 0.717) is 6.42 Å². The third-order valence-electron chi connectivity index (χ3n) is 15.1. The summed E-state index contributed by atoms with van der Waals surface area (Å²) in [6, 6.07) is -0.986. The second-order valence-electron chi connectivity index (χ2n) is 21.7. The molecule has 1 fully saturated rings. The average Bonchev–Trinajstić information content (AvgIpc) is 3.35. The van der Waals surface area contributed by atoms with Crippen molar-refractivity contribution in [2.45, 2.75) is 358 Å². The van der Waals surface area contributed by atoms with Crippen LogP contribution in [-0.2, 0) is 14.3 Å². The molecule has 0 aromatic heterocycles. The summed E-state index contributed by atoms with van der Waals surface area (Å²) in [7, 11) is 0. The molecule has 1 aliphatic heterocycles. The summed E-state index contributed by atoms with van der Waals surface area (Å²) < 4.78 is 11.2. The number of unbranched alkanes of at least 4 members (excludes halogenated alkanes) is 42. The summed E-state index contributed by atoms with van der Waals surface area (Å²) in [5.41, 5.74) is 0. The highest BCUT2D eigenvalue weighted by Crippen LogP contribution is 2.24. The van der Waals surface area contributed by atoms with Gasteiger partial charge in [0.1, 0.15) is 30.5 Å². The van der Waals surface area contributed by atoms with Gasteiger partial charge in [-0.05, 0) is 12.8 Å². The maximum atomic E-state index is 13.1. The topological polar surface area (TPSA) is 169 Å². The van der Waals surface area contributed by atoms with Crippen LogP contribution in [-0.4, -0.2) is 98.7 Å². The number of hydrogen-bond acceptors (Lipinski definition) is 9. The maximum Gasteiger partial charge on any atom is 0.220 e. The lowest BCUT2D eigenvalue weighted by atomic mass is 9.98. The highest BCUT2D eigenvalue weighted by atomic mass is 16.7. The molecule has 7 N–H and O–H groups in total. The van der Waals surface area contributed by atoms with E-state index in [0.717, 1.165) is 38.5 Å². The van der Waals surface area contributed by atoms with Crippen LogP contribution in [0.4, 0.5) is 0 Å². The largest absolute Gasteiger partial charge is 0.394 e. The number of aliphatic hydroxyl groups excluding tert-OH is 6. The van der Waals surface area contributed by atoms with Gasteiger partial charge in [0.25, 0.3) is 0 Å². The van der Waals surface area contributed by atoms with Crippen molar-refractivity contribution in [3.63, 3.8) is 0 Å². The van der Waals surface area contributed by atoms with E-state index >= 15 is 0 Å². The van der Waals surface area contributed by atoms with Gasteiger partial charge in [0.05, 0.1) is 25.4 Å². The van der Waals surface area contributed by atoms with Crippen LogP contribution in [0.25, 0.3) is 0 Å². The van der Waals surface area contributed by atoms with Crippen LogP contribution < -0.4 is 5.32 Å². The lowest BCUT2D eigenvalue weighted by Crippen LogP contribution is -2.60. The highest BCUT2D eigenvalue weighted by molar-refractivity contribution is 5.76. The molecule has 10 nitrogen and oxygen atoms in total. The van der Waals surface area contributed by atoms with E-state index in [-0.39, 0.29) is 18.9 Å². The van der Waals surface area contributed by atoms with E-state index < -0.39 is 55.6 Å². The van der Waals surface area contributed by atoms with Crippen molar-refractivity contribution in [2.75, 3.05) is 13.2 Å². The molecule has 8 atom stereocenters. The van der Waals surface area contributed by atoms with Gasteiger partial charge in [-0.1, -0.05) is 290 Å². The molecule has 69 heavy (non-hydrogen) atoms. The van der Waals surface area contributed by atoms with Crippen molar-refractivity contribution in [1.29, 1.82) is 0 Å². The molecule has 10 heteroatoms. The zero-order valence-electron chi connectivity index (χ0n) is 45.5. The SMILES string of the molecule is CCCCCCCCCCCCCCCCCCCCCCCCCCCCCCCC(=O)N[C@@H](CO[C@@H]1O[C@H](CO)[C@H](O)C(O)C1O)[C@H](O)[C@H](O)CCCCCCCCCCCCCCCCC. The van der Waals surface area contributed by atoms with Crippen molar-refractivity contribution in [3.05, 3.63) is 0 Å². The molecule has 1 rings (SSSR count). The van der Waals surface area contributed by atoms with Crippen LogP contribution in [0.5, 0.6) is 0 Å². The first-order chi connectivity index (χ1) is 33.8. The molecule has 0 bridgehead atoms. The van der Waals surface area contributed by atoms with Crippen LogP contribution in [0.3, 0.4) is 0 Å². The lowest BCUT2D eigenvalue weighted by Gasteiger charge is -2.40. The van der Waals surface area contributed by atoms with Gasteiger partial charge in [-0.25, -0.2) is 0 Å². The Morgan fingerprint density at radius 3 is 1.07 bits per heavy atom. The van der Waals surface area contributed by atoms with E-state index in [1.54, 1.807) is 0 Å². The van der Waals surface area contributed by atoms with E-state index in [9.17, 15) is 35.4 Å². The molecule has 1 heterocycles. The van der Waals surface area contributed by atoms with Crippen LogP contribution in [0, 0.1) is 0 Å². The average molecular weight is 985 g/mol. The summed E-state index contributed by atoms with van der Waals surface area (Å²) in [5.74, 6) is -0.249. The summed E-state index contributed by atoms with van der Waals surface area (Å²) in [6.45, 7) is 3.66. The Bertz CT molecular complexity index is 1070. The Morgan fingerprint density at radius 2 is 0.754 bits per heavy atom. The van der Waals surface area contributed by atoms with Gasteiger partial charge >= 0.3 is 0 Å². The fourth-order valence-electron chi connectivity index (χ4n) is 10.2. The molecule has 1 amide bonds. The number of carbonyl (C=O) groups excluding carboxylic acids is 1. The molecule has 1 aliphatic rings. The van der Waals surface area contributed by atoms with Crippen molar-refractivity contribution < 1.29 is 44.9 Å². The Morgan fingerprint density at radius 1 is 0.449 bits per heavy atom. The molecule has 0 aromatic rings. The summed E-state index contributed by atoms with van der Waals surface area (Å²) in [4.78, 5) is 13.1. The number of nitrogens with one attached hydrogen (secondary N) is 1. The third kappa shape index (κ3) is 38.4. The van der Waals surface area contributed by atoms with Crippen molar-refractivity contribution in [3.8, 4) is 0 Å².